The fourth-order valence-corrected chi connectivity index (χ4v) is 1.72. The maximum absolute atomic E-state index is 11.7. The molecule has 0 spiro atoms. The van der Waals surface area contributed by atoms with E-state index in [0.29, 0.717) is 12.2 Å². The molecular weight excluding hydrogens is 192 g/mol. The number of benzene rings is 1. The third kappa shape index (κ3) is 1.69. The molecule has 3 heteroatoms. The number of Topliss-reactive ketones (excluding diaryl/α,β-unsaturated/α-hetero) is 1. The molecule has 0 saturated carbocycles. The molecule has 2 rings (SSSR count). The van der Waals surface area contributed by atoms with E-state index in [1.165, 1.54) is 0 Å². The maximum Gasteiger partial charge on any atom is 0.169 e. The quantitative estimate of drug-likeness (QED) is 0.754. The van der Waals surface area contributed by atoms with E-state index >= 15 is 0 Å². The Morgan fingerprint density at radius 1 is 1.47 bits per heavy atom. The third-order valence-electron chi connectivity index (χ3n) is 2.60. The zero-order valence-corrected chi connectivity index (χ0v) is 8.91. The number of ketones is 1. The van der Waals surface area contributed by atoms with Crippen molar-refractivity contribution in [1.82, 2.24) is 0 Å². The van der Waals surface area contributed by atoms with Gasteiger partial charge in [-0.1, -0.05) is 13.8 Å². The molecule has 0 amide bonds. The van der Waals surface area contributed by atoms with Gasteiger partial charge in [0.2, 0.25) is 0 Å². The van der Waals surface area contributed by atoms with Crippen LogP contribution in [0.2, 0.25) is 0 Å². The van der Waals surface area contributed by atoms with Crippen LogP contribution < -0.4 is 4.74 Å². The lowest BCUT2D eigenvalue weighted by Gasteiger charge is -2.08. The van der Waals surface area contributed by atoms with Gasteiger partial charge >= 0.3 is 0 Å². The lowest BCUT2D eigenvalue weighted by molar-refractivity contribution is 0.0936. The van der Waals surface area contributed by atoms with Crippen LogP contribution in [0.25, 0.3) is 0 Å². The number of carbonyl (C=O) groups excluding carboxylic acids is 1. The summed E-state index contributed by atoms with van der Waals surface area (Å²) in [5.74, 6) is 0.635. The van der Waals surface area contributed by atoms with Gasteiger partial charge in [0.05, 0.1) is 12.2 Å². The van der Waals surface area contributed by atoms with Crippen molar-refractivity contribution in [1.29, 1.82) is 0 Å². The summed E-state index contributed by atoms with van der Waals surface area (Å²) in [7, 11) is 0. The van der Waals surface area contributed by atoms with E-state index in [1.807, 2.05) is 13.8 Å². The van der Waals surface area contributed by atoms with E-state index in [0.717, 1.165) is 17.7 Å². The van der Waals surface area contributed by atoms with Crippen LogP contribution in [-0.2, 0) is 6.42 Å². The first-order valence-corrected chi connectivity index (χ1v) is 5.12. The van der Waals surface area contributed by atoms with Gasteiger partial charge in [-0.15, -0.1) is 0 Å². The highest BCUT2D eigenvalue weighted by atomic mass is 16.5. The number of rotatable bonds is 2. The van der Waals surface area contributed by atoms with Crippen molar-refractivity contribution in [3.8, 4) is 11.5 Å². The van der Waals surface area contributed by atoms with Gasteiger partial charge in [0.15, 0.2) is 5.78 Å². The van der Waals surface area contributed by atoms with Crippen molar-refractivity contribution >= 4 is 5.78 Å². The number of hydrogen-bond acceptors (Lipinski definition) is 3. The second kappa shape index (κ2) is 3.57. The van der Waals surface area contributed by atoms with Crippen LogP contribution >= 0.6 is 0 Å². The van der Waals surface area contributed by atoms with E-state index in [-0.39, 0.29) is 17.5 Å². The Kier molecular flexibility index (Phi) is 2.39. The zero-order chi connectivity index (χ0) is 11.0. The Morgan fingerprint density at radius 2 is 2.20 bits per heavy atom. The molecule has 0 radical (unpaired) electrons. The molecule has 0 saturated heterocycles. The van der Waals surface area contributed by atoms with Gasteiger partial charge in [0, 0.05) is 17.9 Å². The number of carbonyl (C=O) groups is 1. The Morgan fingerprint density at radius 3 is 2.87 bits per heavy atom. The molecule has 0 bridgehead atoms. The Labute approximate surface area is 88.7 Å². The minimum atomic E-state index is -0.115. The first-order chi connectivity index (χ1) is 7.09. The van der Waals surface area contributed by atoms with Crippen molar-refractivity contribution in [2.45, 2.75) is 20.3 Å². The molecule has 0 atom stereocenters. The smallest absolute Gasteiger partial charge is 0.169 e. The van der Waals surface area contributed by atoms with Gasteiger partial charge in [-0.25, -0.2) is 0 Å². The largest absolute Gasteiger partial charge is 0.507 e. The minimum absolute atomic E-state index is 0.0502. The predicted molar refractivity (Wildman–Crippen MR) is 56.5 cm³/mol. The van der Waals surface area contributed by atoms with Crippen LogP contribution in [0.1, 0.15) is 29.8 Å². The van der Waals surface area contributed by atoms with Crippen LogP contribution in [0.4, 0.5) is 0 Å². The summed E-state index contributed by atoms with van der Waals surface area (Å²) in [5.41, 5.74) is 1.35. The SMILES string of the molecule is CC(C)C(=O)c1cc2c(cc1O)CCO2. The van der Waals surface area contributed by atoms with Gasteiger partial charge < -0.3 is 9.84 Å². The summed E-state index contributed by atoms with van der Waals surface area (Å²) in [6.07, 6.45) is 0.805. The Hall–Kier alpha value is -1.51. The number of phenolic OH excluding ortho intramolecular Hbond substituents is 1. The topological polar surface area (TPSA) is 46.5 Å². The molecule has 1 heterocycles. The number of hydrogen-bond donors (Lipinski definition) is 1. The first-order valence-electron chi connectivity index (χ1n) is 5.12. The normalized spacial score (nSPS) is 13.8. The number of phenols is 1. The van der Waals surface area contributed by atoms with Gasteiger partial charge in [-0.2, -0.15) is 0 Å². The summed E-state index contributed by atoms with van der Waals surface area (Å²) in [4.78, 5) is 11.7. The summed E-state index contributed by atoms with van der Waals surface area (Å²) >= 11 is 0. The molecule has 15 heavy (non-hydrogen) atoms. The third-order valence-corrected chi connectivity index (χ3v) is 2.60. The van der Waals surface area contributed by atoms with Gasteiger partial charge in [-0.3, -0.25) is 4.79 Å². The highest BCUT2D eigenvalue weighted by Gasteiger charge is 2.20. The lowest BCUT2D eigenvalue weighted by atomic mass is 9.98. The van der Waals surface area contributed by atoms with Crippen LogP contribution in [0, 0.1) is 5.92 Å². The number of ether oxygens (including phenoxy) is 1. The molecule has 3 nitrogen and oxygen atoms in total. The molecule has 0 unspecified atom stereocenters. The molecular formula is C12H14O3. The summed E-state index contributed by atoms with van der Waals surface area (Å²) in [6, 6.07) is 3.29. The summed E-state index contributed by atoms with van der Waals surface area (Å²) in [6.45, 7) is 4.26. The van der Waals surface area contributed by atoms with Crippen molar-refractivity contribution in [2.75, 3.05) is 6.61 Å². The fraction of sp³-hybridized carbons (Fsp3) is 0.417. The Balaban J connectivity index is 2.45. The van der Waals surface area contributed by atoms with E-state index in [9.17, 15) is 9.90 Å². The van der Waals surface area contributed by atoms with E-state index in [2.05, 4.69) is 0 Å². The van der Waals surface area contributed by atoms with Crippen molar-refractivity contribution in [3.63, 3.8) is 0 Å². The van der Waals surface area contributed by atoms with Gasteiger partial charge in [0.25, 0.3) is 0 Å². The zero-order valence-electron chi connectivity index (χ0n) is 8.91. The Bertz CT molecular complexity index is 408. The molecule has 0 fully saturated rings. The second-order valence-corrected chi connectivity index (χ2v) is 4.09. The van der Waals surface area contributed by atoms with Gasteiger partial charge in [0.1, 0.15) is 11.5 Å². The molecule has 1 N–H and O–H groups in total. The first kappa shape index (κ1) is 10.0. The number of aromatic hydroxyl groups is 1. The van der Waals surface area contributed by atoms with Crippen molar-refractivity contribution in [3.05, 3.63) is 23.3 Å². The molecule has 1 aromatic rings. The molecule has 80 valence electrons. The van der Waals surface area contributed by atoms with Crippen LogP contribution in [0.15, 0.2) is 12.1 Å². The van der Waals surface area contributed by atoms with Gasteiger partial charge in [-0.05, 0) is 12.1 Å². The fourth-order valence-electron chi connectivity index (χ4n) is 1.72. The monoisotopic (exact) mass is 206 g/mol. The standard InChI is InChI=1S/C12H14O3/c1-7(2)12(14)9-6-11-8(3-4-15-11)5-10(9)13/h5-7,13H,3-4H2,1-2H3. The second-order valence-electron chi connectivity index (χ2n) is 4.09. The van der Waals surface area contributed by atoms with Crippen molar-refractivity contribution < 1.29 is 14.6 Å². The average Bonchev–Trinajstić information content (AvgIpc) is 2.62. The molecule has 0 aromatic heterocycles. The average molecular weight is 206 g/mol. The molecule has 1 aliphatic rings. The minimum Gasteiger partial charge on any atom is -0.507 e. The molecule has 1 aromatic carbocycles. The summed E-state index contributed by atoms with van der Waals surface area (Å²) < 4.78 is 5.36. The van der Waals surface area contributed by atoms with Crippen LogP contribution in [-0.4, -0.2) is 17.5 Å². The van der Waals surface area contributed by atoms with Crippen LogP contribution in [0.3, 0.4) is 0 Å². The van der Waals surface area contributed by atoms with E-state index < -0.39 is 0 Å². The molecule has 1 aliphatic heterocycles. The molecule has 0 aliphatic carbocycles. The van der Waals surface area contributed by atoms with Crippen molar-refractivity contribution in [2.24, 2.45) is 5.92 Å². The lowest BCUT2D eigenvalue weighted by Crippen LogP contribution is -2.07. The van der Waals surface area contributed by atoms with Crippen LogP contribution in [0.5, 0.6) is 11.5 Å². The van der Waals surface area contributed by atoms with E-state index in [1.54, 1.807) is 12.1 Å². The number of fused-ring (bicyclic) bond motifs is 1. The summed E-state index contributed by atoms with van der Waals surface area (Å²) in [5, 5.41) is 9.72. The maximum atomic E-state index is 11.7. The van der Waals surface area contributed by atoms with E-state index in [4.69, 9.17) is 4.74 Å². The predicted octanol–water partition coefficient (Wildman–Crippen LogP) is 2.17. The highest BCUT2D eigenvalue weighted by Crippen LogP contribution is 2.33. The highest BCUT2D eigenvalue weighted by molar-refractivity contribution is 6.00.